The van der Waals surface area contributed by atoms with Gasteiger partial charge < -0.3 is 33.7 Å². The van der Waals surface area contributed by atoms with Gasteiger partial charge in [-0.15, -0.1) is 0 Å². The molecular formula is C29H37NO8. The maximum atomic E-state index is 13.5. The highest BCUT2D eigenvalue weighted by molar-refractivity contribution is 6.46. The van der Waals surface area contributed by atoms with Gasteiger partial charge in [0.25, 0.3) is 11.7 Å². The van der Waals surface area contributed by atoms with Crippen molar-refractivity contribution in [3.63, 3.8) is 0 Å². The first kappa shape index (κ1) is 28.8. The summed E-state index contributed by atoms with van der Waals surface area (Å²) in [6.45, 7) is 8.18. The van der Waals surface area contributed by atoms with Crippen LogP contribution in [0.2, 0.25) is 0 Å². The molecule has 0 aromatic heterocycles. The molecule has 2 aromatic carbocycles. The van der Waals surface area contributed by atoms with Crippen molar-refractivity contribution >= 4 is 17.4 Å². The van der Waals surface area contributed by atoms with Crippen LogP contribution in [0.3, 0.4) is 0 Å². The Bertz CT molecular complexity index is 1210. The van der Waals surface area contributed by atoms with Gasteiger partial charge in [-0.25, -0.2) is 0 Å². The summed E-state index contributed by atoms with van der Waals surface area (Å²) in [6, 6.07) is 6.03. The van der Waals surface area contributed by atoms with Gasteiger partial charge in [-0.3, -0.25) is 9.59 Å². The predicted octanol–water partition coefficient (Wildman–Crippen LogP) is 4.57. The summed E-state index contributed by atoms with van der Waals surface area (Å²) in [5.41, 5.74) is 2.45. The highest BCUT2D eigenvalue weighted by atomic mass is 16.5. The molecule has 9 heteroatoms. The molecule has 0 bridgehead atoms. The highest BCUT2D eigenvalue weighted by Gasteiger charge is 2.46. The summed E-state index contributed by atoms with van der Waals surface area (Å²) in [7, 11) is 6.05. The molecule has 1 atom stereocenters. The fourth-order valence-corrected chi connectivity index (χ4v) is 4.68. The first-order valence-electron chi connectivity index (χ1n) is 12.4. The van der Waals surface area contributed by atoms with Crippen molar-refractivity contribution in [2.45, 2.75) is 46.3 Å². The zero-order valence-electron chi connectivity index (χ0n) is 23.3. The van der Waals surface area contributed by atoms with E-state index in [1.807, 2.05) is 27.7 Å². The Kier molecular flexibility index (Phi) is 9.27. The number of Topliss-reactive ketones (excluding diaryl/α,β-unsaturated/α-hetero) is 1. The fourth-order valence-electron chi connectivity index (χ4n) is 4.68. The Labute approximate surface area is 223 Å². The molecule has 0 spiro atoms. The third kappa shape index (κ3) is 5.57. The van der Waals surface area contributed by atoms with Crippen LogP contribution in [0.5, 0.6) is 23.0 Å². The number of ketones is 1. The van der Waals surface area contributed by atoms with Gasteiger partial charge in [0.2, 0.25) is 5.75 Å². The lowest BCUT2D eigenvalue weighted by molar-refractivity contribution is -0.140. The summed E-state index contributed by atoms with van der Waals surface area (Å²) in [4.78, 5) is 28.2. The number of carbonyl (C=O) groups excluding carboxylic acids is 2. The van der Waals surface area contributed by atoms with Crippen molar-refractivity contribution in [1.82, 2.24) is 4.90 Å². The van der Waals surface area contributed by atoms with Gasteiger partial charge in [0.05, 0.1) is 46.2 Å². The van der Waals surface area contributed by atoms with E-state index in [0.717, 1.165) is 5.56 Å². The molecule has 1 fully saturated rings. The molecule has 0 radical (unpaired) electrons. The minimum atomic E-state index is -0.885. The summed E-state index contributed by atoms with van der Waals surface area (Å²) < 4.78 is 27.6. The second-order valence-electron chi connectivity index (χ2n) is 9.36. The second-order valence-corrected chi connectivity index (χ2v) is 9.36. The van der Waals surface area contributed by atoms with Crippen LogP contribution in [0.4, 0.5) is 0 Å². The maximum absolute atomic E-state index is 13.5. The molecule has 1 amide bonds. The van der Waals surface area contributed by atoms with E-state index in [9.17, 15) is 14.7 Å². The van der Waals surface area contributed by atoms with E-state index in [0.29, 0.717) is 52.7 Å². The molecule has 0 saturated carbocycles. The number of benzene rings is 2. The molecular weight excluding hydrogens is 490 g/mol. The SMILES string of the molecule is COc1cc(C)c(/C(O)=C2\C(=O)C(=O)N(CCCOC(C)C)C2c2cc(OC)c(OC)c(OC)c2)cc1C. The van der Waals surface area contributed by atoms with Gasteiger partial charge in [0, 0.05) is 18.7 Å². The number of nitrogens with zero attached hydrogens (tertiary/aromatic N) is 1. The van der Waals surface area contributed by atoms with Crippen LogP contribution < -0.4 is 18.9 Å². The quantitative estimate of drug-likeness (QED) is 0.196. The van der Waals surface area contributed by atoms with E-state index < -0.39 is 17.7 Å². The van der Waals surface area contributed by atoms with Crippen LogP contribution in [0.25, 0.3) is 5.76 Å². The molecule has 1 aliphatic rings. The van der Waals surface area contributed by atoms with E-state index in [2.05, 4.69) is 0 Å². The highest BCUT2D eigenvalue weighted by Crippen LogP contribution is 2.46. The molecule has 0 aliphatic carbocycles. The topological polar surface area (TPSA) is 104 Å². The summed E-state index contributed by atoms with van der Waals surface area (Å²) >= 11 is 0. The molecule has 9 nitrogen and oxygen atoms in total. The smallest absolute Gasteiger partial charge is 0.295 e. The molecule has 1 aliphatic heterocycles. The zero-order valence-corrected chi connectivity index (χ0v) is 23.3. The van der Waals surface area contributed by atoms with Gasteiger partial charge in [-0.1, -0.05) is 0 Å². The first-order chi connectivity index (χ1) is 18.1. The molecule has 1 saturated heterocycles. The van der Waals surface area contributed by atoms with Gasteiger partial charge in [-0.05, 0) is 75.1 Å². The number of methoxy groups -OCH3 is 4. The first-order valence-corrected chi connectivity index (χ1v) is 12.4. The number of carbonyl (C=O) groups is 2. The lowest BCUT2D eigenvalue weighted by Gasteiger charge is -2.27. The Morgan fingerprint density at radius 2 is 1.50 bits per heavy atom. The predicted molar refractivity (Wildman–Crippen MR) is 143 cm³/mol. The number of rotatable bonds is 11. The Hall–Kier alpha value is -3.72. The number of hydrogen-bond donors (Lipinski definition) is 1. The lowest BCUT2D eigenvalue weighted by atomic mass is 9.92. The lowest BCUT2D eigenvalue weighted by Crippen LogP contribution is -2.31. The van der Waals surface area contributed by atoms with Crippen molar-refractivity contribution in [2.24, 2.45) is 0 Å². The van der Waals surface area contributed by atoms with E-state index in [1.165, 1.54) is 26.2 Å². The third-order valence-corrected chi connectivity index (χ3v) is 6.53. The zero-order chi connectivity index (χ0) is 28.1. The van der Waals surface area contributed by atoms with Crippen LogP contribution >= 0.6 is 0 Å². The van der Waals surface area contributed by atoms with Crippen molar-refractivity contribution in [1.29, 1.82) is 0 Å². The van der Waals surface area contributed by atoms with Gasteiger partial charge in [-0.2, -0.15) is 0 Å². The number of aliphatic hydroxyl groups is 1. The molecule has 2 aromatic rings. The molecule has 206 valence electrons. The van der Waals surface area contributed by atoms with Crippen LogP contribution in [-0.4, -0.2) is 69.4 Å². The molecule has 1 unspecified atom stereocenters. The van der Waals surface area contributed by atoms with E-state index in [-0.39, 0.29) is 24.0 Å². The summed E-state index contributed by atoms with van der Waals surface area (Å²) in [5.74, 6) is 0.0514. The summed E-state index contributed by atoms with van der Waals surface area (Å²) in [6.07, 6.45) is 0.546. The Balaban J connectivity index is 2.23. The monoisotopic (exact) mass is 527 g/mol. The number of aliphatic hydroxyl groups excluding tert-OH is 1. The maximum Gasteiger partial charge on any atom is 0.295 e. The minimum Gasteiger partial charge on any atom is -0.507 e. The van der Waals surface area contributed by atoms with Crippen molar-refractivity contribution < 1.29 is 38.4 Å². The number of aryl methyl sites for hydroxylation is 2. The number of ether oxygens (including phenoxy) is 5. The van der Waals surface area contributed by atoms with Crippen LogP contribution in [0, 0.1) is 13.8 Å². The third-order valence-electron chi connectivity index (χ3n) is 6.53. The molecule has 1 heterocycles. The molecule has 1 N–H and O–H groups in total. The minimum absolute atomic E-state index is 0.0123. The summed E-state index contributed by atoms with van der Waals surface area (Å²) in [5, 5.41) is 11.6. The van der Waals surface area contributed by atoms with Crippen LogP contribution in [-0.2, 0) is 14.3 Å². The van der Waals surface area contributed by atoms with Crippen molar-refractivity contribution in [3.05, 3.63) is 52.1 Å². The molecule has 3 rings (SSSR count). The van der Waals surface area contributed by atoms with Crippen molar-refractivity contribution in [2.75, 3.05) is 41.6 Å². The van der Waals surface area contributed by atoms with E-state index >= 15 is 0 Å². The van der Waals surface area contributed by atoms with E-state index in [1.54, 1.807) is 31.4 Å². The Morgan fingerprint density at radius 1 is 0.895 bits per heavy atom. The average molecular weight is 528 g/mol. The Morgan fingerprint density at radius 3 is 2.03 bits per heavy atom. The number of likely N-dealkylation sites (tertiary alicyclic amines) is 1. The largest absolute Gasteiger partial charge is 0.507 e. The van der Waals surface area contributed by atoms with Crippen LogP contribution in [0.1, 0.15) is 48.6 Å². The fraction of sp³-hybridized carbons (Fsp3) is 0.448. The van der Waals surface area contributed by atoms with E-state index in [4.69, 9.17) is 23.7 Å². The van der Waals surface area contributed by atoms with Gasteiger partial charge in [0.15, 0.2) is 11.5 Å². The van der Waals surface area contributed by atoms with Crippen LogP contribution in [0.15, 0.2) is 29.8 Å². The number of amides is 1. The number of hydrogen-bond acceptors (Lipinski definition) is 8. The normalized spacial score (nSPS) is 16.8. The van der Waals surface area contributed by atoms with Gasteiger partial charge >= 0.3 is 0 Å². The average Bonchev–Trinajstić information content (AvgIpc) is 3.15. The van der Waals surface area contributed by atoms with Crippen molar-refractivity contribution in [3.8, 4) is 23.0 Å². The van der Waals surface area contributed by atoms with Gasteiger partial charge in [0.1, 0.15) is 11.5 Å². The second kappa shape index (κ2) is 12.2. The standard InChI is InChI=1S/C29H37NO8/c1-16(2)38-11-9-10-30-25(19-14-22(35-6)28(37-8)23(15-19)36-7)24(27(32)29(30)33)26(31)20-12-18(4)21(34-5)13-17(20)3/h12-16,25,31H,9-11H2,1-8H3/b26-24+. The molecule has 38 heavy (non-hydrogen) atoms.